The highest BCUT2D eigenvalue weighted by Gasteiger charge is 2.34. The Hall–Kier alpha value is -2.06. The monoisotopic (exact) mass is 292 g/mol. The van der Waals surface area contributed by atoms with Gasteiger partial charge in [0.25, 0.3) is 0 Å². The van der Waals surface area contributed by atoms with E-state index >= 15 is 0 Å². The average molecular weight is 292 g/mol. The molecule has 0 spiro atoms. The Kier molecular flexibility index (Phi) is 3.08. The van der Waals surface area contributed by atoms with E-state index in [0.29, 0.717) is 6.61 Å². The van der Waals surface area contributed by atoms with E-state index in [2.05, 4.69) is 62.4 Å². The predicted octanol–water partition coefficient (Wildman–Crippen LogP) is 4.72. The quantitative estimate of drug-likeness (QED) is 0.650. The average Bonchev–Trinajstić information content (AvgIpc) is 2.50. The second-order valence-electron chi connectivity index (χ2n) is 6.74. The van der Waals surface area contributed by atoms with Crippen molar-refractivity contribution >= 4 is 21.5 Å². The van der Waals surface area contributed by atoms with Gasteiger partial charge in [0.05, 0.1) is 19.8 Å². The lowest BCUT2D eigenvalue weighted by molar-refractivity contribution is -0.120. The van der Waals surface area contributed by atoms with Crippen LogP contribution in [0.1, 0.15) is 12.5 Å². The van der Waals surface area contributed by atoms with Crippen LogP contribution in [-0.2, 0) is 4.74 Å². The Labute approximate surface area is 130 Å². The van der Waals surface area contributed by atoms with Crippen molar-refractivity contribution in [3.63, 3.8) is 0 Å². The van der Waals surface area contributed by atoms with Crippen LogP contribution in [0.25, 0.3) is 21.5 Å². The lowest BCUT2D eigenvalue weighted by Gasteiger charge is -2.37. The van der Waals surface area contributed by atoms with Gasteiger partial charge in [0.2, 0.25) is 0 Å². The molecule has 1 aliphatic heterocycles. The predicted molar refractivity (Wildman–Crippen MR) is 90.6 cm³/mol. The highest BCUT2D eigenvalue weighted by atomic mass is 16.5. The summed E-state index contributed by atoms with van der Waals surface area (Å²) < 4.78 is 11.7. The topological polar surface area (TPSA) is 18.5 Å². The molecule has 1 aliphatic rings. The van der Waals surface area contributed by atoms with Crippen molar-refractivity contribution < 1.29 is 9.47 Å². The molecule has 0 aliphatic carbocycles. The largest absolute Gasteiger partial charge is 0.492 e. The Balaban J connectivity index is 1.88. The number of hydrogen-bond donors (Lipinski definition) is 0. The lowest BCUT2D eigenvalue weighted by Crippen LogP contribution is -2.44. The first-order valence-electron chi connectivity index (χ1n) is 7.77. The molecule has 2 nitrogen and oxygen atoms in total. The zero-order valence-corrected chi connectivity index (χ0v) is 13.1. The van der Waals surface area contributed by atoms with Gasteiger partial charge in [-0.3, -0.25) is 0 Å². The van der Waals surface area contributed by atoms with E-state index in [1.807, 2.05) is 0 Å². The van der Waals surface area contributed by atoms with Crippen molar-refractivity contribution in [1.29, 1.82) is 0 Å². The maximum absolute atomic E-state index is 6.31. The van der Waals surface area contributed by atoms with E-state index < -0.39 is 0 Å². The Morgan fingerprint density at radius 1 is 1.00 bits per heavy atom. The highest BCUT2D eigenvalue weighted by Crippen LogP contribution is 2.37. The third-order valence-corrected chi connectivity index (χ3v) is 4.44. The number of hydrogen-bond acceptors (Lipinski definition) is 2. The summed E-state index contributed by atoms with van der Waals surface area (Å²) >= 11 is 0. The summed E-state index contributed by atoms with van der Waals surface area (Å²) in [5.41, 5.74) is 1.40. The summed E-state index contributed by atoms with van der Waals surface area (Å²) in [5.74, 6) is 1.00. The molecule has 0 unspecified atom stereocenters. The molecule has 0 atom stereocenters. The molecule has 2 heteroatoms. The van der Waals surface area contributed by atoms with E-state index in [0.717, 1.165) is 19.0 Å². The smallest absolute Gasteiger partial charge is 0.134 e. The third kappa shape index (κ3) is 2.24. The maximum atomic E-state index is 6.31. The minimum Gasteiger partial charge on any atom is -0.492 e. The number of aryl methyl sites for hydroxylation is 1. The Morgan fingerprint density at radius 3 is 2.55 bits per heavy atom. The van der Waals surface area contributed by atoms with Crippen LogP contribution in [0, 0.1) is 12.3 Å². The molecule has 3 aromatic carbocycles. The van der Waals surface area contributed by atoms with E-state index in [9.17, 15) is 0 Å². The molecule has 0 bridgehead atoms. The molecule has 4 rings (SSSR count). The molecule has 0 amide bonds. The van der Waals surface area contributed by atoms with Crippen LogP contribution in [0.2, 0.25) is 0 Å². The zero-order chi connectivity index (χ0) is 15.2. The number of rotatable bonds is 3. The number of fused-ring (bicyclic) bond motifs is 2. The molecule has 0 saturated carbocycles. The van der Waals surface area contributed by atoms with Gasteiger partial charge in [0, 0.05) is 16.2 Å². The second kappa shape index (κ2) is 4.99. The van der Waals surface area contributed by atoms with Gasteiger partial charge in [-0.2, -0.15) is 0 Å². The van der Waals surface area contributed by atoms with Gasteiger partial charge in [-0.1, -0.05) is 48.9 Å². The second-order valence-corrected chi connectivity index (χ2v) is 6.74. The Morgan fingerprint density at radius 2 is 1.77 bits per heavy atom. The number of ether oxygens (including phenoxy) is 2. The molecule has 0 N–H and O–H groups in total. The minimum absolute atomic E-state index is 0.146. The van der Waals surface area contributed by atoms with E-state index in [1.165, 1.54) is 27.1 Å². The van der Waals surface area contributed by atoms with Crippen molar-refractivity contribution in [2.75, 3.05) is 19.8 Å². The molecule has 3 aromatic rings. The molecular formula is C20H20O2. The maximum Gasteiger partial charge on any atom is 0.134 e. The van der Waals surface area contributed by atoms with Crippen LogP contribution >= 0.6 is 0 Å². The first kappa shape index (κ1) is 13.6. The van der Waals surface area contributed by atoms with Gasteiger partial charge >= 0.3 is 0 Å². The fourth-order valence-corrected chi connectivity index (χ4v) is 3.07. The van der Waals surface area contributed by atoms with Gasteiger partial charge in [-0.15, -0.1) is 0 Å². The summed E-state index contributed by atoms with van der Waals surface area (Å²) in [7, 11) is 0. The minimum atomic E-state index is 0.146. The van der Waals surface area contributed by atoms with E-state index in [-0.39, 0.29) is 5.41 Å². The van der Waals surface area contributed by atoms with Crippen molar-refractivity contribution in [1.82, 2.24) is 0 Å². The highest BCUT2D eigenvalue weighted by molar-refractivity contribution is 6.05. The Bertz CT molecular complexity index is 847. The molecular weight excluding hydrogens is 272 g/mol. The van der Waals surface area contributed by atoms with Crippen molar-refractivity contribution in [2.24, 2.45) is 5.41 Å². The molecule has 1 saturated heterocycles. The third-order valence-electron chi connectivity index (χ3n) is 4.44. The summed E-state index contributed by atoms with van der Waals surface area (Å²) in [6, 6.07) is 17.2. The fraction of sp³-hybridized carbons (Fsp3) is 0.300. The van der Waals surface area contributed by atoms with Gasteiger partial charge in [0.15, 0.2) is 0 Å². The standard InChI is InChI=1S/C20H20O2/c1-14-7-8-16-10-15-5-3-4-6-17(15)19(18(16)9-14)22-13-20(2)11-21-12-20/h3-10H,11-13H2,1-2H3. The molecule has 112 valence electrons. The van der Waals surface area contributed by atoms with Crippen molar-refractivity contribution in [3.8, 4) is 5.75 Å². The van der Waals surface area contributed by atoms with Gasteiger partial charge in [-0.05, 0) is 29.8 Å². The van der Waals surface area contributed by atoms with Crippen LogP contribution in [0.5, 0.6) is 5.75 Å². The van der Waals surface area contributed by atoms with Crippen LogP contribution in [-0.4, -0.2) is 19.8 Å². The van der Waals surface area contributed by atoms with Crippen molar-refractivity contribution in [2.45, 2.75) is 13.8 Å². The summed E-state index contributed by atoms with van der Waals surface area (Å²) in [4.78, 5) is 0. The fourth-order valence-electron chi connectivity index (χ4n) is 3.07. The molecule has 22 heavy (non-hydrogen) atoms. The van der Waals surface area contributed by atoms with Crippen LogP contribution in [0.3, 0.4) is 0 Å². The van der Waals surface area contributed by atoms with E-state index in [1.54, 1.807) is 0 Å². The lowest BCUT2D eigenvalue weighted by atomic mass is 9.90. The molecule has 1 heterocycles. The first-order valence-corrected chi connectivity index (χ1v) is 7.77. The van der Waals surface area contributed by atoms with Crippen molar-refractivity contribution in [3.05, 3.63) is 54.1 Å². The first-order chi connectivity index (χ1) is 10.6. The summed E-state index contributed by atoms with van der Waals surface area (Å²) in [5, 5.41) is 4.84. The van der Waals surface area contributed by atoms with Crippen LogP contribution in [0.15, 0.2) is 48.5 Å². The molecule has 0 aromatic heterocycles. The van der Waals surface area contributed by atoms with Crippen LogP contribution < -0.4 is 4.74 Å². The normalized spacial score (nSPS) is 16.6. The van der Waals surface area contributed by atoms with Gasteiger partial charge in [-0.25, -0.2) is 0 Å². The SMILES string of the molecule is Cc1ccc2cc3ccccc3c(OCC3(C)COC3)c2c1. The molecule has 1 fully saturated rings. The van der Waals surface area contributed by atoms with Gasteiger partial charge < -0.3 is 9.47 Å². The van der Waals surface area contributed by atoms with Crippen LogP contribution in [0.4, 0.5) is 0 Å². The van der Waals surface area contributed by atoms with E-state index in [4.69, 9.17) is 9.47 Å². The van der Waals surface area contributed by atoms with Gasteiger partial charge in [0.1, 0.15) is 5.75 Å². The molecule has 0 radical (unpaired) electrons. The summed E-state index contributed by atoms with van der Waals surface area (Å²) in [6.07, 6.45) is 0. The zero-order valence-electron chi connectivity index (χ0n) is 13.1. The number of benzene rings is 3. The summed E-state index contributed by atoms with van der Waals surface area (Å²) in [6.45, 7) is 6.61.